The van der Waals surface area contributed by atoms with E-state index in [2.05, 4.69) is 5.32 Å². The quantitative estimate of drug-likeness (QED) is 0.646. The van der Waals surface area contributed by atoms with E-state index in [9.17, 15) is 9.59 Å². The van der Waals surface area contributed by atoms with Crippen LogP contribution in [-0.4, -0.2) is 35.2 Å². The summed E-state index contributed by atoms with van der Waals surface area (Å²) in [7, 11) is 0. The fourth-order valence-electron chi connectivity index (χ4n) is 0.714. The van der Waals surface area contributed by atoms with Crippen LogP contribution in [0.2, 0.25) is 0 Å². The van der Waals surface area contributed by atoms with Crippen molar-refractivity contribution in [3.05, 3.63) is 0 Å². The van der Waals surface area contributed by atoms with E-state index in [4.69, 9.17) is 9.84 Å². The molecule has 0 heterocycles. The third-order valence-electron chi connectivity index (χ3n) is 1.32. The molecule has 0 radical (unpaired) electrons. The minimum atomic E-state index is -1.000. The van der Waals surface area contributed by atoms with Crippen molar-refractivity contribution in [1.82, 2.24) is 5.32 Å². The number of rotatable bonds is 4. The molecular weight excluding hydrogens is 186 g/mol. The van der Waals surface area contributed by atoms with Crippen LogP contribution in [-0.2, 0) is 14.3 Å². The van der Waals surface area contributed by atoms with Gasteiger partial charge >= 0.3 is 11.9 Å². The SMILES string of the molecule is CC(NCC(=O)O)C(=O)OC(C)(C)C. The van der Waals surface area contributed by atoms with Gasteiger partial charge in [-0.15, -0.1) is 0 Å². The fraction of sp³-hybridized carbons (Fsp3) is 0.778. The lowest BCUT2D eigenvalue weighted by atomic mass is 10.2. The van der Waals surface area contributed by atoms with Gasteiger partial charge in [-0.25, -0.2) is 0 Å². The standard InChI is InChI=1S/C9H17NO4/c1-6(10-5-7(11)12)8(13)14-9(2,3)4/h6,10H,5H2,1-4H3,(H,11,12). The van der Waals surface area contributed by atoms with Gasteiger partial charge in [-0.05, 0) is 27.7 Å². The summed E-state index contributed by atoms with van der Waals surface area (Å²) in [5.41, 5.74) is -0.545. The van der Waals surface area contributed by atoms with Crippen LogP contribution in [0.15, 0.2) is 0 Å². The van der Waals surface area contributed by atoms with E-state index in [1.807, 2.05) is 0 Å². The summed E-state index contributed by atoms with van der Waals surface area (Å²) in [4.78, 5) is 21.5. The van der Waals surface area contributed by atoms with Gasteiger partial charge in [0.1, 0.15) is 11.6 Å². The van der Waals surface area contributed by atoms with Gasteiger partial charge in [0, 0.05) is 0 Å². The number of esters is 1. The molecule has 2 N–H and O–H groups in total. The second kappa shape index (κ2) is 4.95. The predicted octanol–water partition coefficient (Wildman–Crippen LogP) is 0.391. The fourth-order valence-corrected chi connectivity index (χ4v) is 0.714. The molecule has 0 amide bonds. The van der Waals surface area contributed by atoms with E-state index in [1.165, 1.54) is 0 Å². The van der Waals surface area contributed by atoms with Crippen LogP contribution in [0, 0.1) is 0 Å². The Morgan fingerprint density at radius 3 is 2.29 bits per heavy atom. The number of hydrogen-bond donors (Lipinski definition) is 2. The van der Waals surface area contributed by atoms with Crippen molar-refractivity contribution in [1.29, 1.82) is 0 Å². The first-order valence-corrected chi connectivity index (χ1v) is 4.40. The number of ether oxygens (including phenoxy) is 1. The van der Waals surface area contributed by atoms with Crippen LogP contribution in [0.3, 0.4) is 0 Å². The smallest absolute Gasteiger partial charge is 0.323 e. The molecule has 0 bridgehead atoms. The molecule has 82 valence electrons. The second-order valence-corrected chi connectivity index (χ2v) is 4.03. The Bertz CT molecular complexity index is 219. The van der Waals surface area contributed by atoms with Crippen molar-refractivity contribution >= 4 is 11.9 Å². The summed E-state index contributed by atoms with van der Waals surface area (Å²) in [5, 5.41) is 10.9. The summed E-state index contributed by atoms with van der Waals surface area (Å²) in [5.74, 6) is -1.45. The van der Waals surface area contributed by atoms with Crippen LogP contribution in [0.1, 0.15) is 27.7 Å². The highest BCUT2D eigenvalue weighted by Crippen LogP contribution is 2.07. The molecule has 0 saturated carbocycles. The lowest BCUT2D eigenvalue weighted by Gasteiger charge is -2.22. The predicted molar refractivity (Wildman–Crippen MR) is 50.9 cm³/mol. The minimum absolute atomic E-state index is 0.250. The van der Waals surface area contributed by atoms with E-state index in [0.29, 0.717) is 0 Å². The van der Waals surface area contributed by atoms with Gasteiger partial charge in [0.15, 0.2) is 0 Å². The first kappa shape index (κ1) is 12.9. The van der Waals surface area contributed by atoms with E-state index in [-0.39, 0.29) is 6.54 Å². The highest BCUT2D eigenvalue weighted by molar-refractivity contribution is 5.77. The van der Waals surface area contributed by atoms with Gasteiger partial charge in [-0.1, -0.05) is 0 Å². The van der Waals surface area contributed by atoms with Gasteiger partial charge in [-0.3, -0.25) is 14.9 Å². The van der Waals surface area contributed by atoms with E-state index >= 15 is 0 Å². The highest BCUT2D eigenvalue weighted by Gasteiger charge is 2.21. The van der Waals surface area contributed by atoms with Gasteiger partial charge < -0.3 is 9.84 Å². The molecule has 0 aliphatic carbocycles. The van der Waals surface area contributed by atoms with Crippen molar-refractivity contribution in [2.45, 2.75) is 39.3 Å². The van der Waals surface area contributed by atoms with Crippen LogP contribution < -0.4 is 5.32 Å². The summed E-state index contributed by atoms with van der Waals surface area (Å²) >= 11 is 0. The normalized spacial score (nSPS) is 13.4. The molecule has 1 atom stereocenters. The van der Waals surface area contributed by atoms with E-state index in [1.54, 1.807) is 27.7 Å². The van der Waals surface area contributed by atoms with Crippen LogP contribution in [0.5, 0.6) is 0 Å². The average Bonchev–Trinajstić information content (AvgIpc) is 1.96. The molecular formula is C9H17NO4. The third-order valence-corrected chi connectivity index (χ3v) is 1.32. The zero-order chi connectivity index (χ0) is 11.4. The maximum absolute atomic E-state index is 11.3. The zero-order valence-electron chi connectivity index (χ0n) is 8.96. The van der Waals surface area contributed by atoms with Crippen LogP contribution in [0.25, 0.3) is 0 Å². The number of nitrogens with one attached hydrogen (secondary N) is 1. The monoisotopic (exact) mass is 203 g/mol. The van der Waals surface area contributed by atoms with Gasteiger partial charge in [0.05, 0.1) is 6.54 Å². The summed E-state index contributed by atoms with van der Waals surface area (Å²) < 4.78 is 5.04. The summed E-state index contributed by atoms with van der Waals surface area (Å²) in [6, 6.07) is -0.606. The van der Waals surface area contributed by atoms with Crippen LogP contribution in [0.4, 0.5) is 0 Å². The van der Waals surface area contributed by atoms with E-state index < -0.39 is 23.6 Å². The molecule has 0 aliphatic heterocycles. The molecule has 0 fully saturated rings. The first-order chi connectivity index (χ1) is 6.22. The van der Waals surface area contributed by atoms with Gasteiger partial charge in [-0.2, -0.15) is 0 Å². The van der Waals surface area contributed by atoms with Crippen molar-refractivity contribution < 1.29 is 19.4 Å². The van der Waals surface area contributed by atoms with Gasteiger partial charge in [0.25, 0.3) is 0 Å². The Kier molecular flexibility index (Phi) is 4.56. The Balaban J connectivity index is 3.94. The number of aliphatic carboxylic acids is 1. The third kappa shape index (κ3) is 6.42. The molecule has 14 heavy (non-hydrogen) atoms. The summed E-state index contributed by atoms with van der Waals surface area (Å²) in [6.07, 6.45) is 0. The van der Waals surface area contributed by atoms with Gasteiger partial charge in [0.2, 0.25) is 0 Å². The number of hydrogen-bond acceptors (Lipinski definition) is 4. The summed E-state index contributed by atoms with van der Waals surface area (Å²) in [6.45, 7) is 6.59. The van der Waals surface area contributed by atoms with Crippen molar-refractivity contribution in [3.8, 4) is 0 Å². The first-order valence-electron chi connectivity index (χ1n) is 4.40. The maximum Gasteiger partial charge on any atom is 0.323 e. The van der Waals surface area contributed by atoms with Crippen LogP contribution >= 0.6 is 0 Å². The van der Waals surface area contributed by atoms with Crippen molar-refractivity contribution in [2.75, 3.05) is 6.54 Å². The number of carboxylic acids is 1. The molecule has 0 aromatic carbocycles. The molecule has 5 heteroatoms. The number of carbonyl (C=O) groups is 2. The number of carboxylic acid groups (broad SMARTS) is 1. The zero-order valence-corrected chi connectivity index (χ0v) is 8.96. The maximum atomic E-state index is 11.3. The lowest BCUT2D eigenvalue weighted by molar-refractivity contribution is -0.157. The largest absolute Gasteiger partial charge is 0.480 e. The molecule has 0 rings (SSSR count). The van der Waals surface area contributed by atoms with Crippen molar-refractivity contribution in [3.63, 3.8) is 0 Å². The second-order valence-electron chi connectivity index (χ2n) is 4.03. The highest BCUT2D eigenvalue weighted by atomic mass is 16.6. The van der Waals surface area contributed by atoms with E-state index in [0.717, 1.165) is 0 Å². The molecule has 0 spiro atoms. The minimum Gasteiger partial charge on any atom is -0.480 e. The molecule has 0 aliphatic rings. The Labute approximate surface area is 83.4 Å². The number of carbonyl (C=O) groups excluding carboxylic acids is 1. The lowest BCUT2D eigenvalue weighted by Crippen LogP contribution is -2.41. The molecule has 1 unspecified atom stereocenters. The Hall–Kier alpha value is -1.10. The molecule has 0 saturated heterocycles. The average molecular weight is 203 g/mol. The molecule has 5 nitrogen and oxygen atoms in total. The Morgan fingerprint density at radius 1 is 1.43 bits per heavy atom. The topological polar surface area (TPSA) is 75.6 Å². The molecule has 0 aromatic rings. The Morgan fingerprint density at radius 2 is 1.93 bits per heavy atom. The molecule has 0 aromatic heterocycles. The van der Waals surface area contributed by atoms with Crippen molar-refractivity contribution in [2.24, 2.45) is 0 Å².